The minimum absolute atomic E-state index is 0.0813. The van der Waals surface area contributed by atoms with Gasteiger partial charge in [-0.25, -0.2) is 4.98 Å². The van der Waals surface area contributed by atoms with Gasteiger partial charge in [0.25, 0.3) is 5.91 Å². The smallest absolute Gasteiger partial charge is 0.267 e. The lowest BCUT2D eigenvalue weighted by Gasteiger charge is -2.03. The number of anilines is 1. The summed E-state index contributed by atoms with van der Waals surface area (Å²) in [6.07, 6.45) is 0. The Kier molecular flexibility index (Phi) is 3.03. The number of pyridine rings is 1. The SMILES string of the molecule is NC(=O)c1ccc(N)c(-n2nnc(-c3ccccc3)n2)n1. The zero-order valence-electron chi connectivity index (χ0n) is 10.8. The number of nitrogens with zero attached hydrogens (tertiary/aromatic N) is 5. The van der Waals surface area contributed by atoms with Crippen LogP contribution in [0.4, 0.5) is 5.69 Å². The minimum atomic E-state index is -0.653. The van der Waals surface area contributed by atoms with Crippen LogP contribution in [0.25, 0.3) is 17.2 Å². The number of primary amides is 1. The predicted octanol–water partition coefficient (Wildman–Crippen LogP) is 0.405. The molecule has 0 saturated heterocycles. The van der Waals surface area contributed by atoms with Gasteiger partial charge >= 0.3 is 0 Å². The monoisotopic (exact) mass is 281 g/mol. The van der Waals surface area contributed by atoms with Gasteiger partial charge in [-0.1, -0.05) is 30.3 Å². The van der Waals surface area contributed by atoms with Crippen LogP contribution in [0.2, 0.25) is 0 Å². The third-order valence-electron chi connectivity index (χ3n) is 2.79. The van der Waals surface area contributed by atoms with Crippen LogP contribution in [0, 0.1) is 0 Å². The molecule has 0 saturated carbocycles. The molecule has 3 aromatic rings. The number of nitrogens with two attached hydrogens (primary N) is 2. The first-order valence-electron chi connectivity index (χ1n) is 6.07. The number of benzene rings is 1. The van der Waals surface area contributed by atoms with Crippen molar-refractivity contribution >= 4 is 11.6 Å². The zero-order chi connectivity index (χ0) is 14.8. The molecule has 1 aromatic carbocycles. The van der Waals surface area contributed by atoms with Crippen LogP contribution < -0.4 is 11.5 Å². The molecule has 8 heteroatoms. The van der Waals surface area contributed by atoms with Crippen molar-refractivity contribution in [3.63, 3.8) is 0 Å². The molecule has 0 unspecified atom stereocenters. The summed E-state index contributed by atoms with van der Waals surface area (Å²) in [6, 6.07) is 12.3. The highest BCUT2D eigenvalue weighted by Gasteiger charge is 2.13. The summed E-state index contributed by atoms with van der Waals surface area (Å²) in [6.45, 7) is 0. The lowest BCUT2D eigenvalue weighted by molar-refractivity contribution is 0.0995. The van der Waals surface area contributed by atoms with Crippen molar-refractivity contribution in [3.8, 4) is 17.2 Å². The lowest BCUT2D eigenvalue weighted by Crippen LogP contribution is -2.16. The molecule has 2 heterocycles. The average Bonchev–Trinajstić information content (AvgIpc) is 2.98. The van der Waals surface area contributed by atoms with Crippen LogP contribution in [0.15, 0.2) is 42.5 Å². The van der Waals surface area contributed by atoms with E-state index in [1.54, 1.807) is 0 Å². The van der Waals surface area contributed by atoms with E-state index in [9.17, 15) is 4.79 Å². The molecule has 2 aromatic heterocycles. The van der Waals surface area contributed by atoms with E-state index in [4.69, 9.17) is 11.5 Å². The minimum Gasteiger partial charge on any atom is -0.396 e. The summed E-state index contributed by atoms with van der Waals surface area (Å²) in [4.78, 5) is 16.4. The molecular weight excluding hydrogens is 270 g/mol. The molecule has 4 N–H and O–H groups in total. The summed E-state index contributed by atoms with van der Waals surface area (Å²) in [7, 11) is 0. The number of amides is 1. The number of hydrogen-bond acceptors (Lipinski definition) is 6. The normalized spacial score (nSPS) is 10.5. The number of carbonyl (C=O) groups excluding carboxylic acids is 1. The Balaban J connectivity index is 2.04. The fourth-order valence-electron chi connectivity index (χ4n) is 1.76. The highest BCUT2D eigenvalue weighted by Crippen LogP contribution is 2.16. The van der Waals surface area contributed by atoms with Crippen molar-refractivity contribution in [1.29, 1.82) is 0 Å². The molecule has 8 nitrogen and oxygen atoms in total. The Labute approximate surface area is 119 Å². The molecule has 1 amide bonds. The van der Waals surface area contributed by atoms with E-state index >= 15 is 0 Å². The molecule has 0 atom stereocenters. The molecule has 0 spiro atoms. The zero-order valence-corrected chi connectivity index (χ0v) is 10.8. The molecule has 3 rings (SSSR count). The molecule has 0 aliphatic carbocycles. The van der Waals surface area contributed by atoms with E-state index in [-0.39, 0.29) is 11.5 Å². The van der Waals surface area contributed by atoms with Gasteiger partial charge in [0, 0.05) is 5.56 Å². The van der Waals surface area contributed by atoms with Crippen LogP contribution in [-0.2, 0) is 0 Å². The van der Waals surface area contributed by atoms with E-state index in [1.165, 1.54) is 16.9 Å². The average molecular weight is 281 g/mol. The van der Waals surface area contributed by atoms with Crippen LogP contribution in [-0.4, -0.2) is 31.1 Å². The molecule has 104 valence electrons. The maximum atomic E-state index is 11.2. The van der Waals surface area contributed by atoms with E-state index in [0.717, 1.165) is 5.56 Å². The van der Waals surface area contributed by atoms with Crippen LogP contribution >= 0.6 is 0 Å². The maximum absolute atomic E-state index is 11.2. The number of carbonyl (C=O) groups is 1. The molecule has 0 aliphatic heterocycles. The molecule has 0 bridgehead atoms. The van der Waals surface area contributed by atoms with Gasteiger partial charge in [-0.05, 0) is 17.3 Å². The van der Waals surface area contributed by atoms with Gasteiger partial charge in [0.05, 0.1) is 5.69 Å². The molecular formula is C13H11N7O. The van der Waals surface area contributed by atoms with Gasteiger partial charge < -0.3 is 11.5 Å². The molecule has 0 fully saturated rings. The van der Waals surface area contributed by atoms with Gasteiger partial charge in [-0.3, -0.25) is 4.79 Å². The predicted molar refractivity (Wildman–Crippen MR) is 75.3 cm³/mol. The Morgan fingerprint density at radius 1 is 1.10 bits per heavy atom. The summed E-state index contributed by atoms with van der Waals surface area (Å²) in [5, 5.41) is 12.1. The summed E-state index contributed by atoms with van der Waals surface area (Å²) < 4.78 is 0. The number of rotatable bonds is 3. The largest absolute Gasteiger partial charge is 0.396 e. The Hall–Kier alpha value is -3.29. The molecule has 0 radical (unpaired) electrons. The van der Waals surface area contributed by atoms with Gasteiger partial charge in [0.15, 0.2) is 5.82 Å². The second-order valence-corrected chi connectivity index (χ2v) is 4.24. The number of aromatic nitrogens is 5. The van der Waals surface area contributed by atoms with Crippen LogP contribution in [0.3, 0.4) is 0 Å². The first kappa shape index (κ1) is 12.7. The van der Waals surface area contributed by atoms with Gasteiger partial charge in [-0.15, -0.1) is 15.0 Å². The summed E-state index contributed by atoms with van der Waals surface area (Å²) >= 11 is 0. The van der Waals surface area contributed by atoms with Crippen molar-refractivity contribution in [2.24, 2.45) is 5.73 Å². The highest BCUT2D eigenvalue weighted by molar-refractivity contribution is 5.91. The van der Waals surface area contributed by atoms with Crippen LogP contribution in [0.1, 0.15) is 10.5 Å². The first-order chi connectivity index (χ1) is 10.1. The number of hydrogen-bond donors (Lipinski definition) is 2. The number of nitrogen functional groups attached to an aromatic ring is 1. The third kappa shape index (κ3) is 2.41. The summed E-state index contributed by atoms with van der Waals surface area (Å²) in [5.41, 5.74) is 12.2. The summed E-state index contributed by atoms with van der Waals surface area (Å²) in [5.74, 6) is -0.0121. The fraction of sp³-hybridized carbons (Fsp3) is 0. The van der Waals surface area contributed by atoms with E-state index in [2.05, 4.69) is 20.4 Å². The van der Waals surface area contributed by atoms with Crippen molar-refractivity contribution in [2.75, 3.05) is 5.73 Å². The van der Waals surface area contributed by atoms with E-state index in [0.29, 0.717) is 11.5 Å². The van der Waals surface area contributed by atoms with Gasteiger partial charge in [0.2, 0.25) is 5.82 Å². The van der Waals surface area contributed by atoms with Crippen molar-refractivity contribution in [2.45, 2.75) is 0 Å². The molecule has 21 heavy (non-hydrogen) atoms. The fourth-order valence-corrected chi connectivity index (χ4v) is 1.76. The lowest BCUT2D eigenvalue weighted by atomic mass is 10.2. The second kappa shape index (κ2) is 5.00. The van der Waals surface area contributed by atoms with Crippen molar-refractivity contribution in [1.82, 2.24) is 25.2 Å². The van der Waals surface area contributed by atoms with Crippen LogP contribution in [0.5, 0.6) is 0 Å². The van der Waals surface area contributed by atoms with E-state index < -0.39 is 5.91 Å². The van der Waals surface area contributed by atoms with Gasteiger partial charge in [0.1, 0.15) is 5.69 Å². The second-order valence-electron chi connectivity index (χ2n) is 4.24. The van der Waals surface area contributed by atoms with E-state index in [1.807, 2.05) is 30.3 Å². The van der Waals surface area contributed by atoms with Crippen molar-refractivity contribution < 1.29 is 4.79 Å². The standard InChI is InChI=1S/C13H11N7O/c14-9-6-7-10(11(15)21)16-13(9)20-18-12(17-19-20)8-4-2-1-3-5-8/h1-7H,14H2,(H2,15,21). The molecule has 0 aliphatic rings. The van der Waals surface area contributed by atoms with Gasteiger partial charge in [-0.2, -0.15) is 0 Å². The first-order valence-corrected chi connectivity index (χ1v) is 6.07. The van der Waals surface area contributed by atoms with Crippen molar-refractivity contribution in [3.05, 3.63) is 48.2 Å². The number of tetrazole rings is 1. The topological polar surface area (TPSA) is 126 Å². The third-order valence-corrected chi connectivity index (χ3v) is 2.79. The Morgan fingerprint density at radius 3 is 2.57 bits per heavy atom. The quantitative estimate of drug-likeness (QED) is 0.716. The Bertz CT molecular complexity index is 797. The Morgan fingerprint density at radius 2 is 1.86 bits per heavy atom. The maximum Gasteiger partial charge on any atom is 0.267 e. The highest BCUT2D eigenvalue weighted by atomic mass is 16.1.